The van der Waals surface area contributed by atoms with Crippen LogP contribution in [0.15, 0.2) is 54.7 Å². The number of nitrogens with one attached hydrogen (secondary N) is 1. The van der Waals surface area contributed by atoms with E-state index in [4.69, 9.17) is 0 Å². The van der Waals surface area contributed by atoms with Crippen LogP contribution in [-0.4, -0.2) is 41.6 Å². The summed E-state index contributed by atoms with van der Waals surface area (Å²) in [6.07, 6.45) is 4.92. The second kappa shape index (κ2) is 9.43. The fourth-order valence-electron chi connectivity index (χ4n) is 4.56. The third-order valence-electron chi connectivity index (χ3n) is 6.12. The van der Waals surface area contributed by atoms with Gasteiger partial charge in [0, 0.05) is 49.1 Å². The van der Waals surface area contributed by atoms with Crippen LogP contribution in [-0.2, 0) is 11.3 Å². The van der Waals surface area contributed by atoms with Crippen molar-refractivity contribution in [2.45, 2.75) is 38.6 Å². The molecule has 0 radical (unpaired) electrons. The number of fused-ring (bicyclic) bond motifs is 1. The Balaban J connectivity index is 1.58. The number of halogens is 1. The fourth-order valence-corrected chi connectivity index (χ4v) is 4.56. The van der Waals surface area contributed by atoms with E-state index < -0.39 is 0 Å². The number of carbonyl (C=O) groups is 1. The highest BCUT2D eigenvalue weighted by atomic mass is 19.1. The van der Waals surface area contributed by atoms with Gasteiger partial charge in [-0.1, -0.05) is 30.3 Å². The third-order valence-corrected chi connectivity index (χ3v) is 6.12. The first-order valence-corrected chi connectivity index (χ1v) is 11.0. The summed E-state index contributed by atoms with van der Waals surface area (Å²) in [5, 5.41) is 4.21. The van der Waals surface area contributed by atoms with Gasteiger partial charge in [0.1, 0.15) is 5.82 Å². The first-order valence-electron chi connectivity index (χ1n) is 11.0. The quantitative estimate of drug-likeness (QED) is 0.596. The van der Waals surface area contributed by atoms with Crippen molar-refractivity contribution >= 4 is 16.8 Å². The summed E-state index contributed by atoms with van der Waals surface area (Å²) in [5.74, 6) is -0.451. The van der Waals surface area contributed by atoms with Crippen LogP contribution in [0.1, 0.15) is 43.2 Å². The molecule has 4 rings (SSSR count). The first-order chi connectivity index (χ1) is 14.7. The number of aromatic nitrogens is 1. The molecule has 2 heterocycles. The molecule has 0 unspecified atom stereocenters. The summed E-state index contributed by atoms with van der Waals surface area (Å²) in [6.45, 7) is 6.75. The van der Waals surface area contributed by atoms with E-state index in [0.717, 1.165) is 48.2 Å². The Morgan fingerprint density at radius 3 is 2.70 bits per heavy atom. The van der Waals surface area contributed by atoms with Gasteiger partial charge in [0.05, 0.1) is 0 Å². The molecule has 1 aromatic heterocycles. The Kier molecular flexibility index (Phi) is 6.48. The van der Waals surface area contributed by atoms with Crippen molar-refractivity contribution < 1.29 is 9.18 Å². The van der Waals surface area contributed by atoms with E-state index in [1.807, 2.05) is 18.2 Å². The van der Waals surface area contributed by atoms with Crippen molar-refractivity contribution in [1.82, 2.24) is 14.8 Å². The number of nitrogens with zero attached hydrogens (tertiary/aromatic N) is 2. The number of likely N-dealkylation sites (tertiary alicyclic amines) is 1. The second-order valence-electron chi connectivity index (χ2n) is 8.10. The van der Waals surface area contributed by atoms with E-state index in [1.54, 1.807) is 12.1 Å². The van der Waals surface area contributed by atoms with Crippen molar-refractivity contribution in [3.05, 3.63) is 71.7 Å². The summed E-state index contributed by atoms with van der Waals surface area (Å²) in [4.78, 5) is 15.2. The Hall–Kier alpha value is -2.66. The average Bonchev–Trinajstić information content (AvgIpc) is 3.40. The molecule has 0 spiro atoms. The Morgan fingerprint density at radius 1 is 1.13 bits per heavy atom. The zero-order chi connectivity index (χ0) is 20.9. The van der Waals surface area contributed by atoms with E-state index in [0.29, 0.717) is 13.0 Å². The lowest BCUT2D eigenvalue weighted by molar-refractivity contribution is -0.121. The molecule has 1 N–H and O–H groups in total. The topological polar surface area (TPSA) is 37.3 Å². The maximum Gasteiger partial charge on any atom is 0.220 e. The van der Waals surface area contributed by atoms with E-state index in [1.165, 1.54) is 18.9 Å². The monoisotopic (exact) mass is 407 g/mol. The lowest BCUT2D eigenvalue weighted by Gasteiger charge is -2.19. The normalized spacial score (nSPS) is 15.5. The summed E-state index contributed by atoms with van der Waals surface area (Å²) < 4.78 is 16.2. The molecule has 158 valence electrons. The highest BCUT2D eigenvalue weighted by molar-refractivity contribution is 5.86. The second-order valence-corrected chi connectivity index (χ2v) is 8.10. The minimum absolute atomic E-state index is 0.0109. The summed E-state index contributed by atoms with van der Waals surface area (Å²) >= 11 is 0. The van der Waals surface area contributed by atoms with Crippen molar-refractivity contribution in [2.24, 2.45) is 0 Å². The minimum Gasteiger partial charge on any atom is -0.355 e. The zero-order valence-corrected chi connectivity index (χ0v) is 17.6. The number of carbonyl (C=O) groups excluding carboxylic acids is 1. The highest BCUT2D eigenvalue weighted by Gasteiger charge is 2.23. The molecule has 4 nitrogen and oxygen atoms in total. The van der Waals surface area contributed by atoms with Gasteiger partial charge in [-0.05, 0) is 62.2 Å². The minimum atomic E-state index is -0.272. The van der Waals surface area contributed by atoms with Gasteiger partial charge in [0.15, 0.2) is 0 Å². The molecule has 1 fully saturated rings. The average molecular weight is 408 g/mol. The van der Waals surface area contributed by atoms with E-state index >= 15 is 0 Å². The van der Waals surface area contributed by atoms with Gasteiger partial charge in [0.25, 0.3) is 0 Å². The molecular weight excluding hydrogens is 377 g/mol. The molecule has 30 heavy (non-hydrogen) atoms. The lowest BCUT2D eigenvalue weighted by atomic mass is 9.88. The van der Waals surface area contributed by atoms with Gasteiger partial charge in [-0.25, -0.2) is 4.39 Å². The Bertz CT molecular complexity index is 1010. The standard InChI is InChI=1S/C25H30FN3O/c1-2-29-18-23(21-10-3-4-11-24(21)29)22(19-8-7-9-20(26)16-19)17-25(30)27-12-15-28-13-5-6-14-28/h3-4,7-11,16,18,22H,2,5-6,12-15,17H2,1H3,(H,27,30)/t22-/m1/s1. The van der Waals surface area contributed by atoms with E-state index in [2.05, 4.69) is 40.0 Å². The van der Waals surface area contributed by atoms with Crippen LogP contribution in [0.2, 0.25) is 0 Å². The number of benzene rings is 2. The predicted molar refractivity (Wildman–Crippen MR) is 119 cm³/mol. The summed E-state index contributed by atoms with van der Waals surface area (Å²) in [6, 6.07) is 14.9. The molecule has 0 bridgehead atoms. The van der Waals surface area contributed by atoms with Crippen LogP contribution in [0.4, 0.5) is 4.39 Å². The smallest absolute Gasteiger partial charge is 0.220 e. The number of amides is 1. The maximum atomic E-state index is 14.0. The van der Waals surface area contributed by atoms with Crippen LogP contribution >= 0.6 is 0 Å². The zero-order valence-electron chi connectivity index (χ0n) is 17.6. The molecule has 1 atom stereocenters. The number of rotatable bonds is 8. The highest BCUT2D eigenvalue weighted by Crippen LogP contribution is 2.35. The Morgan fingerprint density at radius 2 is 1.93 bits per heavy atom. The largest absolute Gasteiger partial charge is 0.355 e. The molecule has 0 aliphatic carbocycles. The summed E-state index contributed by atoms with van der Waals surface area (Å²) in [7, 11) is 0. The van der Waals surface area contributed by atoms with Gasteiger partial charge in [0.2, 0.25) is 5.91 Å². The molecule has 1 saturated heterocycles. The van der Waals surface area contributed by atoms with Crippen LogP contribution in [0, 0.1) is 5.82 Å². The van der Waals surface area contributed by atoms with Crippen molar-refractivity contribution in [3.8, 4) is 0 Å². The van der Waals surface area contributed by atoms with E-state index in [9.17, 15) is 9.18 Å². The molecule has 3 aromatic rings. The van der Waals surface area contributed by atoms with Crippen LogP contribution in [0.5, 0.6) is 0 Å². The SMILES string of the molecule is CCn1cc([C@H](CC(=O)NCCN2CCCC2)c2cccc(F)c2)c2ccccc21. The molecule has 1 amide bonds. The molecule has 1 aliphatic heterocycles. The predicted octanol–water partition coefficient (Wildman–Crippen LogP) is 4.53. The maximum absolute atomic E-state index is 14.0. The van der Waals surface area contributed by atoms with Crippen LogP contribution in [0.25, 0.3) is 10.9 Å². The van der Waals surface area contributed by atoms with Crippen molar-refractivity contribution in [3.63, 3.8) is 0 Å². The molecule has 0 saturated carbocycles. The van der Waals surface area contributed by atoms with Crippen LogP contribution < -0.4 is 5.32 Å². The van der Waals surface area contributed by atoms with Gasteiger partial charge < -0.3 is 14.8 Å². The van der Waals surface area contributed by atoms with Gasteiger partial charge in [-0.3, -0.25) is 4.79 Å². The first kappa shape index (κ1) is 20.6. The lowest BCUT2D eigenvalue weighted by Crippen LogP contribution is -2.34. The van der Waals surface area contributed by atoms with Crippen LogP contribution in [0.3, 0.4) is 0 Å². The van der Waals surface area contributed by atoms with Gasteiger partial charge in [-0.2, -0.15) is 0 Å². The van der Waals surface area contributed by atoms with Gasteiger partial charge >= 0.3 is 0 Å². The number of para-hydroxylation sites is 1. The van der Waals surface area contributed by atoms with Crippen molar-refractivity contribution in [1.29, 1.82) is 0 Å². The molecule has 1 aliphatic rings. The summed E-state index contributed by atoms with van der Waals surface area (Å²) in [5.41, 5.74) is 3.06. The van der Waals surface area contributed by atoms with E-state index in [-0.39, 0.29) is 17.6 Å². The molecule has 2 aromatic carbocycles. The number of hydrogen-bond acceptors (Lipinski definition) is 2. The third kappa shape index (κ3) is 4.57. The van der Waals surface area contributed by atoms with Gasteiger partial charge in [-0.15, -0.1) is 0 Å². The molecule has 5 heteroatoms. The van der Waals surface area contributed by atoms with Crippen molar-refractivity contribution in [2.75, 3.05) is 26.2 Å². The fraction of sp³-hybridized carbons (Fsp3) is 0.400. The molecular formula is C25H30FN3O. The number of aryl methyl sites for hydroxylation is 1. The number of hydrogen-bond donors (Lipinski definition) is 1. The Labute approximate surface area is 177 Å².